The highest BCUT2D eigenvalue weighted by atomic mass is 16.7. The van der Waals surface area contributed by atoms with Gasteiger partial charge in [-0.2, -0.15) is 0 Å². The fourth-order valence-electron chi connectivity index (χ4n) is 1.86. The summed E-state index contributed by atoms with van der Waals surface area (Å²) < 4.78 is 11.8. The molecule has 0 atom stereocenters. The molecule has 0 aromatic heterocycles. The first-order valence-corrected chi connectivity index (χ1v) is 5.76. The summed E-state index contributed by atoms with van der Waals surface area (Å²) in [6.07, 6.45) is 5.17. The molecule has 3 heteroatoms. The van der Waals surface area contributed by atoms with E-state index in [0.717, 1.165) is 12.2 Å². The molecule has 0 aromatic rings. The largest absolute Gasteiger partial charge is 0.457 e. The Morgan fingerprint density at radius 3 is 2.00 bits per heavy atom. The quantitative estimate of drug-likeness (QED) is 0.646. The second kappa shape index (κ2) is 3.24. The summed E-state index contributed by atoms with van der Waals surface area (Å²) in [5, 5.41) is 0. The van der Waals surface area contributed by atoms with Crippen LogP contribution >= 0.6 is 0 Å². The van der Waals surface area contributed by atoms with E-state index >= 15 is 0 Å². The molecule has 1 saturated carbocycles. The van der Waals surface area contributed by atoms with Crippen LogP contribution < -0.4 is 0 Å². The number of hydrogen-bond acceptors (Lipinski definition) is 2. The van der Waals surface area contributed by atoms with Gasteiger partial charge in [-0.15, -0.1) is 0 Å². The maximum Gasteiger partial charge on any atom is 0.457 e. The summed E-state index contributed by atoms with van der Waals surface area (Å²) in [5.74, 6) is 0.967. The maximum atomic E-state index is 5.92. The molecule has 2 nitrogen and oxygen atoms in total. The Labute approximate surface area is 87.5 Å². The van der Waals surface area contributed by atoms with Crippen molar-refractivity contribution in [2.45, 2.75) is 64.5 Å². The van der Waals surface area contributed by atoms with E-state index < -0.39 is 0 Å². The lowest BCUT2D eigenvalue weighted by Gasteiger charge is -2.32. The molecular weight excluding hydrogens is 175 g/mol. The highest BCUT2D eigenvalue weighted by Crippen LogP contribution is 2.40. The first kappa shape index (κ1) is 10.5. The molecular formula is C11H21BO2. The van der Waals surface area contributed by atoms with Gasteiger partial charge in [-0.3, -0.25) is 0 Å². The van der Waals surface area contributed by atoms with Crippen LogP contribution in [0.1, 0.15) is 47.0 Å². The molecule has 1 aliphatic carbocycles. The minimum absolute atomic E-state index is 0.0283. The molecule has 0 spiro atoms. The summed E-state index contributed by atoms with van der Waals surface area (Å²) in [7, 11) is 0.0283. The van der Waals surface area contributed by atoms with Crippen LogP contribution in [-0.4, -0.2) is 18.3 Å². The molecule has 80 valence electrons. The van der Waals surface area contributed by atoms with Gasteiger partial charge in [0.1, 0.15) is 0 Å². The van der Waals surface area contributed by atoms with Gasteiger partial charge in [0, 0.05) is 0 Å². The van der Waals surface area contributed by atoms with Crippen LogP contribution in [-0.2, 0) is 9.31 Å². The third-order valence-electron chi connectivity index (χ3n) is 3.81. The van der Waals surface area contributed by atoms with Crippen LogP contribution in [0.2, 0.25) is 6.32 Å². The van der Waals surface area contributed by atoms with E-state index in [1.165, 1.54) is 19.3 Å². The van der Waals surface area contributed by atoms with E-state index in [4.69, 9.17) is 9.31 Å². The molecule has 2 rings (SSSR count). The zero-order valence-corrected chi connectivity index (χ0v) is 9.80. The van der Waals surface area contributed by atoms with Crippen LogP contribution in [0.25, 0.3) is 0 Å². The van der Waals surface area contributed by atoms with Crippen molar-refractivity contribution in [3.05, 3.63) is 0 Å². The molecule has 1 heterocycles. The van der Waals surface area contributed by atoms with Crippen molar-refractivity contribution in [2.75, 3.05) is 0 Å². The third kappa shape index (κ3) is 1.99. The predicted molar refractivity (Wildman–Crippen MR) is 58.2 cm³/mol. The fraction of sp³-hybridized carbons (Fsp3) is 1.00. The van der Waals surface area contributed by atoms with Gasteiger partial charge < -0.3 is 9.31 Å². The molecule has 0 aromatic carbocycles. The average molecular weight is 196 g/mol. The van der Waals surface area contributed by atoms with Crippen LogP contribution in [0.15, 0.2) is 0 Å². The van der Waals surface area contributed by atoms with Crippen molar-refractivity contribution in [1.29, 1.82) is 0 Å². The second-order valence-corrected chi connectivity index (χ2v) is 5.71. The Morgan fingerprint density at radius 2 is 1.57 bits per heavy atom. The molecule has 0 unspecified atom stereocenters. The lowest BCUT2D eigenvalue weighted by molar-refractivity contribution is 0.00578. The van der Waals surface area contributed by atoms with Crippen molar-refractivity contribution in [3.63, 3.8) is 0 Å². The Kier molecular flexibility index (Phi) is 2.43. The Bertz CT molecular complexity index is 205. The molecule has 1 saturated heterocycles. The minimum atomic E-state index is -0.152. The molecule has 0 N–H and O–H groups in total. The van der Waals surface area contributed by atoms with Gasteiger partial charge in [-0.25, -0.2) is 0 Å². The second-order valence-electron chi connectivity index (χ2n) is 5.71. The average Bonchev–Trinajstić information content (AvgIpc) is 2.77. The summed E-state index contributed by atoms with van der Waals surface area (Å²) in [6.45, 7) is 8.46. The van der Waals surface area contributed by atoms with Crippen LogP contribution in [0.4, 0.5) is 0 Å². The van der Waals surface area contributed by atoms with E-state index in [1.807, 2.05) is 0 Å². The van der Waals surface area contributed by atoms with E-state index in [1.54, 1.807) is 0 Å². The van der Waals surface area contributed by atoms with Gasteiger partial charge in [-0.1, -0.05) is 19.3 Å². The number of rotatable bonds is 3. The van der Waals surface area contributed by atoms with Crippen LogP contribution in [0, 0.1) is 5.92 Å². The van der Waals surface area contributed by atoms with Gasteiger partial charge in [-0.05, 0) is 39.9 Å². The zero-order valence-electron chi connectivity index (χ0n) is 9.80. The predicted octanol–water partition coefficient (Wildman–Crippen LogP) is 2.88. The third-order valence-corrected chi connectivity index (χ3v) is 3.81. The van der Waals surface area contributed by atoms with Crippen molar-refractivity contribution >= 4 is 7.12 Å². The summed E-state index contributed by atoms with van der Waals surface area (Å²) in [5.41, 5.74) is -0.303. The number of hydrogen-bond donors (Lipinski definition) is 0. The minimum Gasteiger partial charge on any atom is -0.403 e. The van der Waals surface area contributed by atoms with Crippen molar-refractivity contribution < 1.29 is 9.31 Å². The van der Waals surface area contributed by atoms with Gasteiger partial charge in [0.2, 0.25) is 0 Å². The monoisotopic (exact) mass is 196 g/mol. The van der Waals surface area contributed by atoms with Gasteiger partial charge in [0.05, 0.1) is 11.2 Å². The standard InChI is InChI=1S/C11H21BO2/c1-10(2)11(3,4)14-12(13-10)8-7-9-5-6-9/h9H,5-8H2,1-4H3. The zero-order chi connectivity index (χ0) is 10.4. The Hall–Kier alpha value is -0.0151. The van der Waals surface area contributed by atoms with E-state index in [-0.39, 0.29) is 18.3 Å². The lowest BCUT2D eigenvalue weighted by Crippen LogP contribution is -2.41. The molecule has 14 heavy (non-hydrogen) atoms. The van der Waals surface area contributed by atoms with Crippen LogP contribution in [0.5, 0.6) is 0 Å². The van der Waals surface area contributed by atoms with Crippen molar-refractivity contribution in [2.24, 2.45) is 5.92 Å². The van der Waals surface area contributed by atoms with Gasteiger partial charge in [0.15, 0.2) is 0 Å². The lowest BCUT2D eigenvalue weighted by atomic mass is 9.82. The molecule has 2 aliphatic rings. The maximum absolute atomic E-state index is 5.92. The molecule has 0 bridgehead atoms. The smallest absolute Gasteiger partial charge is 0.403 e. The SMILES string of the molecule is CC1(C)OB(CCC2CC2)OC1(C)C. The van der Waals surface area contributed by atoms with Gasteiger partial charge >= 0.3 is 7.12 Å². The Morgan fingerprint density at radius 1 is 1.07 bits per heavy atom. The van der Waals surface area contributed by atoms with Gasteiger partial charge in [0.25, 0.3) is 0 Å². The first-order valence-electron chi connectivity index (χ1n) is 5.76. The summed E-state index contributed by atoms with van der Waals surface area (Å²) in [4.78, 5) is 0. The van der Waals surface area contributed by atoms with E-state index in [0.29, 0.717) is 0 Å². The fourth-order valence-corrected chi connectivity index (χ4v) is 1.86. The van der Waals surface area contributed by atoms with E-state index in [2.05, 4.69) is 27.7 Å². The molecule has 0 amide bonds. The summed E-state index contributed by atoms with van der Waals surface area (Å²) in [6, 6.07) is 0. The van der Waals surface area contributed by atoms with Crippen LogP contribution in [0.3, 0.4) is 0 Å². The Balaban J connectivity index is 1.85. The normalized spacial score (nSPS) is 29.6. The molecule has 1 aliphatic heterocycles. The highest BCUT2D eigenvalue weighted by Gasteiger charge is 2.50. The highest BCUT2D eigenvalue weighted by molar-refractivity contribution is 6.45. The summed E-state index contributed by atoms with van der Waals surface area (Å²) >= 11 is 0. The molecule has 2 fully saturated rings. The van der Waals surface area contributed by atoms with Crippen molar-refractivity contribution in [1.82, 2.24) is 0 Å². The first-order chi connectivity index (χ1) is 6.41. The van der Waals surface area contributed by atoms with E-state index in [9.17, 15) is 0 Å². The topological polar surface area (TPSA) is 18.5 Å². The molecule has 0 radical (unpaired) electrons. The van der Waals surface area contributed by atoms with Crippen molar-refractivity contribution in [3.8, 4) is 0 Å².